The molecule has 132 valence electrons. The highest BCUT2D eigenvalue weighted by Gasteiger charge is 2.25. The molecule has 0 radical (unpaired) electrons. The third-order valence-corrected chi connectivity index (χ3v) is 3.88. The first-order chi connectivity index (χ1) is 12.5. The van der Waals surface area contributed by atoms with Crippen LogP contribution in [0.15, 0.2) is 72.0 Å². The van der Waals surface area contributed by atoms with Crippen molar-refractivity contribution in [2.45, 2.75) is 19.9 Å². The third kappa shape index (κ3) is 3.19. The summed E-state index contributed by atoms with van der Waals surface area (Å²) in [7, 11) is 0. The summed E-state index contributed by atoms with van der Waals surface area (Å²) in [4.78, 5) is 27.1. The molecule has 0 aliphatic heterocycles. The fraction of sp³-hybridized carbons (Fsp3) is 0.158. The van der Waals surface area contributed by atoms with Gasteiger partial charge in [-0.05, 0) is 42.0 Å². The largest absolute Gasteiger partial charge is 0.377 e. The van der Waals surface area contributed by atoms with E-state index in [-0.39, 0.29) is 6.04 Å². The lowest BCUT2D eigenvalue weighted by Gasteiger charge is -2.25. The molecule has 7 heteroatoms. The highest BCUT2D eigenvalue weighted by atomic mass is 16.2. The van der Waals surface area contributed by atoms with Crippen LogP contribution in [0.25, 0.3) is 5.70 Å². The van der Waals surface area contributed by atoms with Gasteiger partial charge in [0, 0.05) is 11.7 Å². The number of carbonyl (C=O) groups is 1. The van der Waals surface area contributed by atoms with Crippen LogP contribution in [0, 0.1) is 0 Å². The number of anilines is 1. The van der Waals surface area contributed by atoms with Crippen molar-refractivity contribution < 1.29 is 4.79 Å². The Morgan fingerprint density at radius 3 is 2.08 bits per heavy atom. The van der Waals surface area contributed by atoms with Gasteiger partial charge in [-0.3, -0.25) is 4.90 Å². The summed E-state index contributed by atoms with van der Waals surface area (Å²) in [5, 5.41) is 7.57. The molecule has 0 unspecified atom stereocenters. The van der Waals surface area contributed by atoms with E-state index in [1.165, 1.54) is 4.90 Å². The molecule has 26 heavy (non-hydrogen) atoms. The van der Waals surface area contributed by atoms with Gasteiger partial charge in [0.15, 0.2) is 0 Å². The van der Waals surface area contributed by atoms with Gasteiger partial charge in [-0.25, -0.2) is 9.59 Å². The second-order valence-corrected chi connectivity index (χ2v) is 5.98. The normalized spacial score (nSPS) is 10.7. The van der Waals surface area contributed by atoms with Crippen LogP contribution in [0.3, 0.4) is 0 Å². The van der Waals surface area contributed by atoms with Gasteiger partial charge in [-0.15, -0.1) is 4.68 Å². The highest BCUT2D eigenvalue weighted by Crippen LogP contribution is 2.17. The molecule has 3 rings (SSSR count). The summed E-state index contributed by atoms with van der Waals surface area (Å²) < 4.78 is 1.78. The average Bonchev–Trinajstić information content (AvgIpc) is 3.04. The van der Waals surface area contributed by atoms with Crippen molar-refractivity contribution in [2.24, 2.45) is 0 Å². The molecule has 0 aliphatic rings. The average molecular weight is 349 g/mol. The Hall–Kier alpha value is -3.48. The topological polar surface area (TPSA) is 73.0 Å². The number of benzene rings is 2. The summed E-state index contributed by atoms with van der Waals surface area (Å²) in [6, 6.07) is 17.5. The van der Waals surface area contributed by atoms with Crippen LogP contribution in [0.5, 0.6) is 0 Å². The van der Waals surface area contributed by atoms with Crippen LogP contribution in [0.2, 0.25) is 0 Å². The van der Waals surface area contributed by atoms with Crippen LogP contribution in [0.4, 0.5) is 10.5 Å². The maximum atomic E-state index is 12.9. The standard InChI is InChI=1S/C19H19N5O2/c1-14(2)22(17-12-8-5-9-13-17)18(25)24-19(26)23(20-21-24)15(3)16-10-6-4-7-11-16/h4-14H,3H2,1-2H3. The predicted molar refractivity (Wildman–Crippen MR) is 100 cm³/mol. The summed E-state index contributed by atoms with van der Waals surface area (Å²) in [6.07, 6.45) is 0. The van der Waals surface area contributed by atoms with Crippen molar-refractivity contribution in [1.82, 2.24) is 19.8 Å². The molecule has 3 aromatic rings. The number of carbonyl (C=O) groups excluding carboxylic acids is 1. The molecule has 0 spiro atoms. The van der Waals surface area contributed by atoms with E-state index in [0.29, 0.717) is 11.4 Å². The van der Waals surface area contributed by atoms with E-state index in [9.17, 15) is 9.59 Å². The molecule has 0 aliphatic carbocycles. The zero-order chi connectivity index (χ0) is 18.7. The van der Waals surface area contributed by atoms with Crippen LogP contribution < -0.4 is 10.6 Å². The van der Waals surface area contributed by atoms with E-state index >= 15 is 0 Å². The van der Waals surface area contributed by atoms with Gasteiger partial charge in [0.1, 0.15) is 0 Å². The van der Waals surface area contributed by atoms with Crippen LogP contribution in [-0.4, -0.2) is 31.9 Å². The van der Waals surface area contributed by atoms with E-state index in [4.69, 9.17) is 0 Å². The lowest BCUT2D eigenvalue weighted by molar-refractivity contribution is 0.242. The van der Waals surface area contributed by atoms with E-state index in [1.54, 1.807) is 24.3 Å². The Balaban J connectivity index is 1.97. The minimum atomic E-state index is -0.662. The monoisotopic (exact) mass is 349 g/mol. The molecule has 0 saturated heterocycles. The number of rotatable bonds is 4. The summed E-state index contributed by atoms with van der Waals surface area (Å²) in [5.74, 6) is 0. The molecule has 7 nitrogen and oxygen atoms in total. The third-order valence-electron chi connectivity index (χ3n) is 3.88. The van der Waals surface area contributed by atoms with E-state index in [0.717, 1.165) is 14.9 Å². The van der Waals surface area contributed by atoms with Gasteiger partial charge in [-0.2, -0.15) is 4.68 Å². The number of aromatic nitrogens is 4. The number of amides is 1. The van der Waals surface area contributed by atoms with Gasteiger partial charge < -0.3 is 0 Å². The van der Waals surface area contributed by atoms with Crippen molar-refractivity contribution in [2.75, 3.05) is 4.90 Å². The minimum Gasteiger partial charge on any atom is -0.290 e. The summed E-state index contributed by atoms with van der Waals surface area (Å²) in [5.41, 5.74) is 1.09. The first-order valence-corrected chi connectivity index (χ1v) is 8.19. The number of hydrogen-bond donors (Lipinski definition) is 0. The van der Waals surface area contributed by atoms with E-state index in [2.05, 4.69) is 17.0 Å². The zero-order valence-electron chi connectivity index (χ0n) is 14.6. The molecular weight excluding hydrogens is 330 g/mol. The van der Waals surface area contributed by atoms with Crippen LogP contribution >= 0.6 is 0 Å². The van der Waals surface area contributed by atoms with Crippen molar-refractivity contribution in [3.05, 3.63) is 83.3 Å². The number of hydrogen-bond acceptors (Lipinski definition) is 4. The fourth-order valence-corrected chi connectivity index (χ4v) is 2.61. The van der Waals surface area contributed by atoms with Crippen molar-refractivity contribution in [1.29, 1.82) is 0 Å². The SMILES string of the molecule is C=C(c1ccccc1)n1nnn(C(=O)N(c2ccccc2)C(C)C)c1=O. The second kappa shape index (κ2) is 7.18. The molecule has 1 heterocycles. The number of nitrogens with zero attached hydrogens (tertiary/aromatic N) is 5. The first-order valence-electron chi connectivity index (χ1n) is 8.19. The predicted octanol–water partition coefficient (Wildman–Crippen LogP) is 2.84. The second-order valence-electron chi connectivity index (χ2n) is 5.98. The molecular formula is C19H19N5O2. The smallest absolute Gasteiger partial charge is 0.290 e. The zero-order valence-corrected chi connectivity index (χ0v) is 14.6. The van der Waals surface area contributed by atoms with E-state index in [1.807, 2.05) is 50.2 Å². The molecule has 0 fully saturated rings. The lowest BCUT2D eigenvalue weighted by Crippen LogP contribution is -2.44. The Bertz CT molecular complexity index is 974. The maximum Gasteiger partial charge on any atom is 0.377 e. The summed E-state index contributed by atoms with van der Waals surface area (Å²) in [6.45, 7) is 7.62. The van der Waals surface area contributed by atoms with Gasteiger partial charge >= 0.3 is 11.7 Å². The first kappa shape index (κ1) is 17.3. The molecule has 1 amide bonds. The Kier molecular flexibility index (Phi) is 4.79. The lowest BCUT2D eigenvalue weighted by atomic mass is 10.2. The van der Waals surface area contributed by atoms with Crippen molar-refractivity contribution in [3.8, 4) is 0 Å². The maximum absolute atomic E-state index is 12.9. The Morgan fingerprint density at radius 2 is 1.50 bits per heavy atom. The van der Waals surface area contributed by atoms with Gasteiger partial charge in [0.05, 0.1) is 5.70 Å². The Labute approximate surface area is 150 Å². The van der Waals surface area contributed by atoms with Crippen LogP contribution in [0.1, 0.15) is 19.4 Å². The molecule has 0 N–H and O–H groups in total. The molecule has 1 aromatic heterocycles. The van der Waals surface area contributed by atoms with Crippen LogP contribution in [-0.2, 0) is 0 Å². The van der Waals surface area contributed by atoms with Crippen molar-refractivity contribution in [3.63, 3.8) is 0 Å². The quantitative estimate of drug-likeness (QED) is 0.679. The van der Waals surface area contributed by atoms with Gasteiger partial charge in [-0.1, -0.05) is 55.1 Å². The van der Waals surface area contributed by atoms with Gasteiger partial charge in [0.25, 0.3) is 0 Å². The molecule has 0 saturated carbocycles. The van der Waals surface area contributed by atoms with E-state index < -0.39 is 11.7 Å². The highest BCUT2D eigenvalue weighted by molar-refractivity contribution is 5.93. The summed E-state index contributed by atoms with van der Waals surface area (Å²) >= 11 is 0. The molecule has 2 aromatic carbocycles. The molecule has 0 bridgehead atoms. The number of para-hydroxylation sites is 1. The minimum absolute atomic E-state index is 0.167. The Morgan fingerprint density at radius 1 is 0.962 bits per heavy atom. The van der Waals surface area contributed by atoms with Gasteiger partial charge in [0.2, 0.25) is 0 Å². The molecule has 0 atom stereocenters. The fourth-order valence-electron chi connectivity index (χ4n) is 2.61. The number of tetrazole rings is 1. The van der Waals surface area contributed by atoms with Crippen molar-refractivity contribution >= 4 is 17.4 Å².